The molecule has 0 fully saturated rings. The van der Waals surface area contributed by atoms with E-state index in [0.717, 1.165) is 10.9 Å². The van der Waals surface area contributed by atoms with E-state index in [2.05, 4.69) is 76.9 Å². The first-order valence-corrected chi connectivity index (χ1v) is 8.19. The maximum absolute atomic E-state index is 4.49. The normalized spacial score (nSPS) is 12.9. The molecular formula is C17H24BrN3. The van der Waals surface area contributed by atoms with Gasteiger partial charge in [-0.1, -0.05) is 18.2 Å². The van der Waals surface area contributed by atoms with Crippen molar-refractivity contribution in [3.05, 3.63) is 51.3 Å². The van der Waals surface area contributed by atoms with Gasteiger partial charge in [0.1, 0.15) is 0 Å². The first kappa shape index (κ1) is 16.2. The molecule has 1 aromatic carbocycles. The molecule has 114 valence electrons. The molecule has 1 N–H and O–H groups in total. The summed E-state index contributed by atoms with van der Waals surface area (Å²) in [5.41, 5.74) is 5.25. The number of rotatable bonds is 5. The van der Waals surface area contributed by atoms with Crippen LogP contribution in [-0.4, -0.2) is 16.8 Å². The Kier molecular flexibility index (Phi) is 5.22. The smallest absolute Gasteiger partial charge is 0.0702 e. The minimum Gasteiger partial charge on any atom is -0.311 e. The van der Waals surface area contributed by atoms with E-state index in [9.17, 15) is 0 Å². The molecule has 0 saturated carbocycles. The fourth-order valence-electron chi connectivity index (χ4n) is 2.59. The van der Waals surface area contributed by atoms with Crippen LogP contribution in [0.3, 0.4) is 0 Å². The Balaban J connectivity index is 2.32. The third-order valence-corrected chi connectivity index (χ3v) is 4.58. The van der Waals surface area contributed by atoms with Crippen LogP contribution in [0.5, 0.6) is 0 Å². The van der Waals surface area contributed by atoms with Gasteiger partial charge in [0.2, 0.25) is 0 Å². The summed E-state index contributed by atoms with van der Waals surface area (Å²) in [5.74, 6) is 0. The lowest BCUT2D eigenvalue weighted by molar-refractivity contribution is 0.458. The second kappa shape index (κ2) is 6.75. The van der Waals surface area contributed by atoms with E-state index in [1.165, 1.54) is 22.4 Å². The maximum Gasteiger partial charge on any atom is 0.0702 e. The van der Waals surface area contributed by atoms with E-state index in [0.29, 0.717) is 6.04 Å². The lowest BCUT2D eigenvalue weighted by Gasteiger charge is -2.21. The zero-order valence-electron chi connectivity index (χ0n) is 13.4. The molecular weight excluding hydrogens is 326 g/mol. The second-order valence-electron chi connectivity index (χ2n) is 5.88. The molecule has 2 rings (SSSR count). The zero-order chi connectivity index (χ0) is 15.6. The van der Waals surface area contributed by atoms with Crippen molar-refractivity contribution >= 4 is 15.9 Å². The summed E-state index contributed by atoms with van der Waals surface area (Å²) < 4.78 is 3.16. The molecule has 21 heavy (non-hydrogen) atoms. The number of aryl methyl sites for hydroxylation is 2. The second-order valence-corrected chi connectivity index (χ2v) is 6.73. The van der Waals surface area contributed by atoms with Crippen molar-refractivity contribution in [2.24, 2.45) is 0 Å². The fraction of sp³-hybridized carbons (Fsp3) is 0.471. The van der Waals surface area contributed by atoms with Crippen molar-refractivity contribution in [3.8, 4) is 0 Å². The van der Waals surface area contributed by atoms with Crippen molar-refractivity contribution in [2.45, 2.75) is 46.2 Å². The Hall–Kier alpha value is -1.13. The summed E-state index contributed by atoms with van der Waals surface area (Å²) in [4.78, 5) is 0. The van der Waals surface area contributed by atoms with E-state index < -0.39 is 0 Å². The number of likely N-dealkylation sites (N-methyl/N-ethyl adjacent to an activating group) is 1. The predicted octanol–water partition coefficient (Wildman–Crippen LogP) is 4.35. The molecule has 0 bridgehead atoms. The van der Waals surface area contributed by atoms with Crippen LogP contribution in [0, 0.1) is 13.8 Å². The summed E-state index contributed by atoms with van der Waals surface area (Å²) in [6, 6.07) is 7.29. The van der Waals surface area contributed by atoms with Gasteiger partial charge in [-0.3, -0.25) is 4.68 Å². The van der Waals surface area contributed by atoms with Crippen LogP contribution in [0.15, 0.2) is 28.9 Å². The largest absolute Gasteiger partial charge is 0.311 e. The van der Waals surface area contributed by atoms with Crippen LogP contribution in [0.1, 0.15) is 48.3 Å². The molecule has 0 aliphatic rings. The third-order valence-electron chi connectivity index (χ3n) is 3.97. The van der Waals surface area contributed by atoms with Crippen molar-refractivity contribution in [1.82, 2.24) is 15.1 Å². The Morgan fingerprint density at radius 3 is 2.52 bits per heavy atom. The van der Waals surface area contributed by atoms with Gasteiger partial charge in [-0.2, -0.15) is 5.10 Å². The molecule has 4 heteroatoms. The van der Waals surface area contributed by atoms with Gasteiger partial charge in [0.15, 0.2) is 0 Å². The summed E-state index contributed by atoms with van der Waals surface area (Å²) in [6.45, 7) is 8.64. The first-order valence-electron chi connectivity index (χ1n) is 7.40. The lowest BCUT2D eigenvalue weighted by Crippen LogP contribution is -2.23. The molecule has 2 aromatic rings. The van der Waals surface area contributed by atoms with Crippen LogP contribution < -0.4 is 5.32 Å². The molecule has 3 nitrogen and oxygen atoms in total. The quantitative estimate of drug-likeness (QED) is 0.869. The first-order chi connectivity index (χ1) is 9.93. The molecule has 1 atom stereocenters. The Labute approximate surface area is 135 Å². The highest BCUT2D eigenvalue weighted by atomic mass is 79.9. The van der Waals surface area contributed by atoms with Crippen LogP contribution in [0.25, 0.3) is 0 Å². The monoisotopic (exact) mass is 349 g/mol. The van der Waals surface area contributed by atoms with Crippen LogP contribution in [0.4, 0.5) is 0 Å². The van der Waals surface area contributed by atoms with Gasteiger partial charge in [0.05, 0.1) is 22.4 Å². The average Bonchev–Trinajstić information content (AvgIpc) is 2.82. The topological polar surface area (TPSA) is 29.9 Å². The minimum atomic E-state index is 0.242. The Morgan fingerprint density at radius 2 is 1.95 bits per heavy atom. The van der Waals surface area contributed by atoms with Crippen LogP contribution in [-0.2, 0) is 6.42 Å². The number of hydrogen-bond acceptors (Lipinski definition) is 2. The molecule has 0 radical (unpaired) electrons. The van der Waals surface area contributed by atoms with E-state index >= 15 is 0 Å². The van der Waals surface area contributed by atoms with E-state index in [1.54, 1.807) is 0 Å². The number of halogens is 1. The molecule has 1 unspecified atom stereocenters. The van der Waals surface area contributed by atoms with Gasteiger partial charge < -0.3 is 5.32 Å². The van der Waals surface area contributed by atoms with Gasteiger partial charge in [0, 0.05) is 6.04 Å². The Morgan fingerprint density at radius 1 is 1.24 bits per heavy atom. The predicted molar refractivity (Wildman–Crippen MR) is 91.7 cm³/mol. The molecule has 0 amide bonds. The standard InChI is InChI=1S/C17H24BrN3/c1-11(2)21-17(15(18)10-20-21)16(19-5)9-14-7-6-12(3)13(4)8-14/h6-8,10-11,16,19H,9H2,1-5H3. The minimum absolute atomic E-state index is 0.242. The average molecular weight is 350 g/mol. The van der Waals surface area contributed by atoms with Crippen LogP contribution in [0.2, 0.25) is 0 Å². The van der Waals surface area contributed by atoms with E-state index in [-0.39, 0.29) is 6.04 Å². The fourth-order valence-corrected chi connectivity index (χ4v) is 3.14. The van der Waals surface area contributed by atoms with Gasteiger partial charge >= 0.3 is 0 Å². The van der Waals surface area contributed by atoms with Crippen molar-refractivity contribution < 1.29 is 0 Å². The van der Waals surface area contributed by atoms with Gasteiger partial charge in [-0.15, -0.1) is 0 Å². The summed E-state index contributed by atoms with van der Waals surface area (Å²) in [5, 5.41) is 7.92. The highest BCUT2D eigenvalue weighted by Crippen LogP contribution is 2.28. The highest BCUT2D eigenvalue weighted by Gasteiger charge is 2.20. The molecule has 0 aliphatic carbocycles. The molecule has 1 aromatic heterocycles. The zero-order valence-corrected chi connectivity index (χ0v) is 15.0. The number of nitrogens with zero attached hydrogens (tertiary/aromatic N) is 2. The maximum atomic E-state index is 4.49. The van der Waals surface area contributed by atoms with E-state index in [4.69, 9.17) is 0 Å². The molecule has 0 aliphatic heterocycles. The lowest BCUT2D eigenvalue weighted by atomic mass is 9.99. The number of aromatic nitrogens is 2. The Bertz CT molecular complexity index is 616. The van der Waals surface area contributed by atoms with Gasteiger partial charge in [-0.05, 0) is 73.8 Å². The molecule has 1 heterocycles. The van der Waals surface area contributed by atoms with Gasteiger partial charge in [-0.25, -0.2) is 0 Å². The van der Waals surface area contributed by atoms with Crippen molar-refractivity contribution in [2.75, 3.05) is 7.05 Å². The molecule has 0 spiro atoms. The number of benzene rings is 1. The van der Waals surface area contributed by atoms with Crippen molar-refractivity contribution in [1.29, 1.82) is 0 Å². The van der Waals surface area contributed by atoms with Gasteiger partial charge in [0.25, 0.3) is 0 Å². The number of nitrogens with one attached hydrogen (secondary N) is 1. The summed E-state index contributed by atoms with van der Waals surface area (Å²) >= 11 is 3.64. The third kappa shape index (κ3) is 3.55. The summed E-state index contributed by atoms with van der Waals surface area (Å²) in [6.07, 6.45) is 2.84. The summed E-state index contributed by atoms with van der Waals surface area (Å²) in [7, 11) is 2.01. The molecule has 0 saturated heterocycles. The highest BCUT2D eigenvalue weighted by molar-refractivity contribution is 9.10. The number of hydrogen-bond donors (Lipinski definition) is 1. The van der Waals surface area contributed by atoms with Crippen molar-refractivity contribution in [3.63, 3.8) is 0 Å². The van der Waals surface area contributed by atoms with Crippen LogP contribution >= 0.6 is 15.9 Å². The SMILES string of the molecule is CNC(Cc1ccc(C)c(C)c1)c1c(Br)cnn1C(C)C. The van der Waals surface area contributed by atoms with E-state index in [1.807, 2.05) is 13.2 Å².